The van der Waals surface area contributed by atoms with Crippen LogP contribution in [0.4, 0.5) is 18.9 Å². The van der Waals surface area contributed by atoms with E-state index in [0.717, 1.165) is 24.4 Å². The highest BCUT2D eigenvalue weighted by atomic mass is 19.4. The van der Waals surface area contributed by atoms with E-state index in [0.29, 0.717) is 5.56 Å². The standard InChI is InChI=1S/C11H15F3N2/c1-3-16(2)10-5-4-9(11(12,13)14)6-8(10)7-15/h4-6H,3,7,15H2,1-2H3. The number of hydrogen-bond acceptors (Lipinski definition) is 2. The van der Waals surface area contributed by atoms with Crippen LogP contribution >= 0.6 is 0 Å². The quantitative estimate of drug-likeness (QED) is 0.868. The molecule has 0 saturated heterocycles. The highest BCUT2D eigenvalue weighted by Crippen LogP contribution is 2.32. The molecule has 0 aliphatic rings. The Balaban J connectivity index is 3.17. The van der Waals surface area contributed by atoms with Gasteiger partial charge in [-0.1, -0.05) is 0 Å². The molecule has 0 fully saturated rings. The average Bonchev–Trinajstić information content (AvgIpc) is 2.26. The van der Waals surface area contributed by atoms with Crippen molar-refractivity contribution < 1.29 is 13.2 Å². The Morgan fingerprint density at radius 3 is 2.38 bits per heavy atom. The van der Waals surface area contributed by atoms with Gasteiger partial charge in [-0.3, -0.25) is 0 Å². The fourth-order valence-electron chi connectivity index (χ4n) is 1.47. The van der Waals surface area contributed by atoms with E-state index in [-0.39, 0.29) is 6.54 Å². The van der Waals surface area contributed by atoms with Gasteiger partial charge in [-0.25, -0.2) is 0 Å². The largest absolute Gasteiger partial charge is 0.416 e. The Labute approximate surface area is 92.9 Å². The Bertz CT molecular complexity index is 361. The fourth-order valence-corrected chi connectivity index (χ4v) is 1.47. The summed E-state index contributed by atoms with van der Waals surface area (Å²) in [6.45, 7) is 2.75. The number of halogens is 3. The number of anilines is 1. The van der Waals surface area contributed by atoms with Gasteiger partial charge < -0.3 is 10.6 Å². The molecule has 90 valence electrons. The zero-order valence-corrected chi connectivity index (χ0v) is 9.30. The molecule has 0 unspecified atom stereocenters. The lowest BCUT2D eigenvalue weighted by molar-refractivity contribution is -0.137. The number of hydrogen-bond donors (Lipinski definition) is 1. The van der Waals surface area contributed by atoms with Crippen LogP contribution < -0.4 is 10.6 Å². The molecule has 0 heterocycles. The summed E-state index contributed by atoms with van der Waals surface area (Å²) in [4.78, 5) is 1.86. The summed E-state index contributed by atoms with van der Waals surface area (Å²) < 4.78 is 37.4. The van der Waals surface area contributed by atoms with E-state index < -0.39 is 11.7 Å². The number of benzene rings is 1. The predicted molar refractivity (Wildman–Crippen MR) is 58.3 cm³/mol. The van der Waals surface area contributed by atoms with Crippen molar-refractivity contribution in [1.29, 1.82) is 0 Å². The van der Waals surface area contributed by atoms with E-state index in [1.54, 1.807) is 0 Å². The molecular weight excluding hydrogens is 217 g/mol. The van der Waals surface area contributed by atoms with Crippen molar-refractivity contribution in [2.75, 3.05) is 18.5 Å². The van der Waals surface area contributed by atoms with Crippen LogP contribution in [0.1, 0.15) is 18.1 Å². The van der Waals surface area contributed by atoms with Crippen molar-refractivity contribution in [2.24, 2.45) is 5.73 Å². The minimum absolute atomic E-state index is 0.101. The number of alkyl halides is 3. The average molecular weight is 232 g/mol. The minimum atomic E-state index is -4.31. The van der Waals surface area contributed by atoms with E-state index in [2.05, 4.69) is 0 Å². The first-order valence-electron chi connectivity index (χ1n) is 5.01. The fraction of sp³-hybridized carbons (Fsp3) is 0.455. The summed E-state index contributed by atoms with van der Waals surface area (Å²) in [5.41, 5.74) is 6.07. The van der Waals surface area contributed by atoms with E-state index in [1.807, 2.05) is 18.9 Å². The lowest BCUT2D eigenvalue weighted by Crippen LogP contribution is -2.19. The predicted octanol–water partition coefficient (Wildman–Crippen LogP) is 2.62. The van der Waals surface area contributed by atoms with E-state index in [1.165, 1.54) is 6.07 Å². The SMILES string of the molecule is CCN(C)c1ccc(C(F)(F)F)cc1CN. The maximum atomic E-state index is 12.5. The summed E-state index contributed by atoms with van der Waals surface area (Å²) in [5.74, 6) is 0. The normalized spacial score (nSPS) is 11.6. The molecule has 1 aromatic rings. The topological polar surface area (TPSA) is 29.3 Å². The molecule has 1 rings (SSSR count). The maximum absolute atomic E-state index is 12.5. The molecular formula is C11H15F3N2. The highest BCUT2D eigenvalue weighted by Gasteiger charge is 2.30. The third-order valence-corrected chi connectivity index (χ3v) is 2.51. The number of nitrogens with zero attached hydrogens (tertiary/aromatic N) is 1. The van der Waals surface area contributed by atoms with Gasteiger partial charge in [0.05, 0.1) is 5.56 Å². The monoisotopic (exact) mass is 232 g/mol. The van der Waals surface area contributed by atoms with E-state index in [4.69, 9.17) is 5.73 Å². The number of rotatable bonds is 3. The molecule has 2 N–H and O–H groups in total. The summed E-state index contributed by atoms with van der Waals surface area (Å²) in [6.07, 6.45) is -4.31. The molecule has 0 aromatic heterocycles. The van der Waals surface area contributed by atoms with Crippen LogP contribution in [-0.4, -0.2) is 13.6 Å². The molecule has 0 amide bonds. The molecule has 0 radical (unpaired) electrons. The van der Waals surface area contributed by atoms with Gasteiger partial charge in [0.2, 0.25) is 0 Å². The molecule has 1 aromatic carbocycles. The second kappa shape index (κ2) is 4.74. The Hall–Kier alpha value is -1.23. The van der Waals surface area contributed by atoms with E-state index in [9.17, 15) is 13.2 Å². The van der Waals surface area contributed by atoms with Crippen LogP contribution in [0.3, 0.4) is 0 Å². The second-order valence-corrected chi connectivity index (χ2v) is 3.56. The number of nitrogens with two attached hydrogens (primary N) is 1. The molecule has 5 heteroatoms. The van der Waals surface area contributed by atoms with Crippen molar-refractivity contribution in [3.63, 3.8) is 0 Å². The molecule has 0 atom stereocenters. The first-order valence-corrected chi connectivity index (χ1v) is 5.01. The first kappa shape index (κ1) is 12.8. The zero-order chi connectivity index (χ0) is 12.3. The van der Waals surface area contributed by atoms with Crippen LogP contribution in [0.2, 0.25) is 0 Å². The molecule has 0 aliphatic heterocycles. The van der Waals surface area contributed by atoms with Crippen LogP contribution in [0.5, 0.6) is 0 Å². The molecule has 0 bridgehead atoms. The molecule has 16 heavy (non-hydrogen) atoms. The van der Waals surface area contributed by atoms with Crippen LogP contribution in [0.15, 0.2) is 18.2 Å². The lowest BCUT2D eigenvalue weighted by atomic mass is 10.1. The zero-order valence-electron chi connectivity index (χ0n) is 9.30. The van der Waals surface area contributed by atoms with Gasteiger partial charge in [0.1, 0.15) is 0 Å². The summed E-state index contributed by atoms with van der Waals surface area (Å²) in [6, 6.07) is 3.66. The lowest BCUT2D eigenvalue weighted by Gasteiger charge is -2.21. The Morgan fingerprint density at radius 2 is 1.94 bits per heavy atom. The highest BCUT2D eigenvalue weighted by molar-refractivity contribution is 5.54. The maximum Gasteiger partial charge on any atom is 0.416 e. The van der Waals surface area contributed by atoms with Gasteiger partial charge in [-0.2, -0.15) is 13.2 Å². The molecule has 0 aliphatic carbocycles. The molecule has 0 saturated carbocycles. The van der Waals surface area contributed by atoms with Gasteiger partial charge in [0.25, 0.3) is 0 Å². The third kappa shape index (κ3) is 2.66. The van der Waals surface area contributed by atoms with Gasteiger partial charge in [0.15, 0.2) is 0 Å². The first-order chi connectivity index (χ1) is 7.40. The third-order valence-electron chi connectivity index (χ3n) is 2.51. The van der Waals surface area contributed by atoms with Crippen molar-refractivity contribution in [1.82, 2.24) is 0 Å². The van der Waals surface area contributed by atoms with Crippen molar-refractivity contribution in [2.45, 2.75) is 19.6 Å². The van der Waals surface area contributed by atoms with Gasteiger partial charge >= 0.3 is 6.18 Å². The molecule has 2 nitrogen and oxygen atoms in total. The Kier molecular flexibility index (Phi) is 3.80. The minimum Gasteiger partial charge on any atom is -0.375 e. The second-order valence-electron chi connectivity index (χ2n) is 3.56. The smallest absolute Gasteiger partial charge is 0.375 e. The van der Waals surface area contributed by atoms with Gasteiger partial charge in [-0.15, -0.1) is 0 Å². The van der Waals surface area contributed by atoms with E-state index >= 15 is 0 Å². The summed E-state index contributed by atoms with van der Waals surface area (Å²) in [7, 11) is 1.82. The van der Waals surface area contributed by atoms with Crippen LogP contribution in [0, 0.1) is 0 Å². The van der Waals surface area contributed by atoms with Crippen molar-refractivity contribution >= 4 is 5.69 Å². The van der Waals surface area contributed by atoms with Crippen LogP contribution in [-0.2, 0) is 12.7 Å². The van der Waals surface area contributed by atoms with Gasteiger partial charge in [-0.05, 0) is 30.7 Å². The van der Waals surface area contributed by atoms with Crippen molar-refractivity contribution in [3.05, 3.63) is 29.3 Å². The summed E-state index contributed by atoms with van der Waals surface area (Å²) in [5, 5.41) is 0. The van der Waals surface area contributed by atoms with Gasteiger partial charge in [0, 0.05) is 25.8 Å². The molecule has 0 spiro atoms. The Morgan fingerprint density at radius 1 is 1.31 bits per heavy atom. The summed E-state index contributed by atoms with van der Waals surface area (Å²) >= 11 is 0. The van der Waals surface area contributed by atoms with Crippen LogP contribution in [0.25, 0.3) is 0 Å². The van der Waals surface area contributed by atoms with Crippen molar-refractivity contribution in [3.8, 4) is 0 Å².